The lowest BCUT2D eigenvalue weighted by Gasteiger charge is -2.14. The number of aromatic nitrogens is 1. The summed E-state index contributed by atoms with van der Waals surface area (Å²) in [6.07, 6.45) is 1.23. The van der Waals surface area contributed by atoms with Gasteiger partial charge in [0.2, 0.25) is 0 Å². The molecule has 6 heteroatoms. The minimum absolute atomic E-state index is 0.180. The van der Waals surface area contributed by atoms with Crippen molar-refractivity contribution in [3.05, 3.63) is 54.2 Å². The van der Waals surface area contributed by atoms with E-state index in [4.69, 9.17) is 9.47 Å². The first-order chi connectivity index (χ1) is 14.2. The van der Waals surface area contributed by atoms with Crippen LogP contribution in [-0.2, 0) is 6.54 Å². The molecule has 1 aliphatic heterocycles. The van der Waals surface area contributed by atoms with Gasteiger partial charge in [-0.1, -0.05) is 12.1 Å². The fourth-order valence-electron chi connectivity index (χ4n) is 3.84. The number of nitrogens with one attached hydrogen (secondary N) is 2. The Morgan fingerprint density at radius 1 is 1.17 bits per heavy atom. The Morgan fingerprint density at radius 3 is 2.66 bits per heavy atom. The Hall–Kier alpha value is -2.99. The largest absolute Gasteiger partial charge is 0.491 e. The van der Waals surface area contributed by atoms with Gasteiger partial charge in [-0.15, -0.1) is 0 Å². The Labute approximate surface area is 170 Å². The SMILES string of the molecule is CCOc1c(C(=O)Nc2ccc(O[C@H]3CCNC3)cc2)n(CC)c2ccccc12. The summed E-state index contributed by atoms with van der Waals surface area (Å²) < 4.78 is 13.8. The fourth-order valence-corrected chi connectivity index (χ4v) is 3.84. The van der Waals surface area contributed by atoms with Crippen LogP contribution in [0.4, 0.5) is 5.69 Å². The summed E-state index contributed by atoms with van der Waals surface area (Å²) in [7, 11) is 0. The summed E-state index contributed by atoms with van der Waals surface area (Å²) in [5.41, 5.74) is 2.27. The topological polar surface area (TPSA) is 64.5 Å². The molecule has 1 saturated heterocycles. The van der Waals surface area contributed by atoms with Crippen molar-refractivity contribution in [3.8, 4) is 11.5 Å². The third-order valence-corrected chi connectivity index (χ3v) is 5.17. The second kappa shape index (κ2) is 8.57. The van der Waals surface area contributed by atoms with Gasteiger partial charge in [0.1, 0.15) is 11.9 Å². The number of para-hydroxylation sites is 1. The van der Waals surface area contributed by atoms with Crippen molar-refractivity contribution >= 4 is 22.5 Å². The zero-order chi connectivity index (χ0) is 20.2. The van der Waals surface area contributed by atoms with E-state index < -0.39 is 0 Å². The molecule has 2 N–H and O–H groups in total. The predicted octanol–water partition coefficient (Wildman–Crippen LogP) is 4.05. The van der Waals surface area contributed by atoms with Gasteiger partial charge in [0.25, 0.3) is 5.91 Å². The zero-order valence-corrected chi connectivity index (χ0v) is 16.9. The standard InChI is InChI=1S/C23H27N3O3/c1-3-26-20-8-6-5-7-19(20)22(28-4-2)21(26)23(27)25-16-9-11-17(12-10-16)29-18-13-14-24-15-18/h5-12,18,24H,3-4,13-15H2,1-2H3,(H,25,27)/t18-/m0/s1. The van der Waals surface area contributed by atoms with Crippen LogP contribution in [0.1, 0.15) is 30.8 Å². The monoisotopic (exact) mass is 393 g/mol. The summed E-state index contributed by atoms with van der Waals surface area (Å²) in [4.78, 5) is 13.2. The van der Waals surface area contributed by atoms with Crippen LogP contribution >= 0.6 is 0 Å². The molecule has 0 radical (unpaired) electrons. The van der Waals surface area contributed by atoms with E-state index in [2.05, 4.69) is 10.6 Å². The molecule has 0 aliphatic carbocycles. The van der Waals surface area contributed by atoms with Crippen LogP contribution in [0.25, 0.3) is 10.9 Å². The molecule has 152 valence electrons. The maximum Gasteiger partial charge on any atom is 0.276 e. The first-order valence-corrected chi connectivity index (χ1v) is 10.2. The summed E-state index contributed by atoms with van der Waals surface area (Å²) in [6.45, 7) is 7.01. The minimum Gasteiger partial charge on any atom is -0.491 e. The molecule has 0 saturated carbocycles. The van der Waals surface area contributed by atoms with E-state index in [1.54, 1.807) is 0 Å². The molecule has 0 spiro atoms. The lowest BCUT2D eigenvalue weighted by atomic mass is 10.2. The van der Waals surface area contributed by atoms with E-state index in [1.165, 1.54) is 0 Å². The van der Waals surface area contributed by atoms with Crippen molar-refractivity contribution < 1.29 is 14.3 Å². The van der Waals surface area contributed by atoms with E-state index in [-0.39, 0.29) is 12.0 Å². The number of carbonyl (C=O) groups is 1. The highest BCUT2D eigenvalue weighted by Gasteiger charge is 2.23. The molecule has 1 atom stereocenters. The second-order valence-electron chi connectivity index (χ2n) is 7.08. The van der Waals surface area contributed by atoms with Gasteiger partial charge in [-0.05, 0) is 63.2 Å². The molecule has 6 nitrogen and oxygen atoms in total. The van der Waals surface area contributed by atoms with Gasteiger partial charge in [0.05, 0.1) is 12.1 Å². The van der Waals surface area contributed by atoms with Gasteiger partial charge in [-0.25, -0.2) is 0 Å². The average molecular weight is 393 g/mol. The van der Waals surface area contributed by atoms with Gasteiger partial charge < -0.3 is 24.7 Å². The Bertz CT molecular complexity index is 989. The number of aryl methyl sites for hydroxylation is 1. The smallest absolute Gasteiger partial charge is 0.276 e. The molecule has 4 rings (SSSR count). The number of amides is 1. The van der Waals surface area contributed by atoms with Crippen molar-refractivity contribution in [1.82, 2.24) is 9.88 Å². The van der Waals surface area contributed by atoms with Crippen molar-refractivity contribution in [1.29, 1.82) is 0 Å². The normalized spacial score (nSPS) is 16.1. The highest BCUT2D eigenvalue weighted by Crippen LogP contribution is 2.34. The third kappa shape index (κ3) is 3.93. The van der Waals surface area contributed by atoms with E-state index in [0.717, 1.165) is 41.9 Å². The van der Waals surface area contributed by atoms with Crippen molar-refractivity contribution in [2.45, 2.75) is 32.9 Å². The Morgan fingerprint density at radius 2 is 1.97 bits per heavy atom. The quantitative estimate of drug-likeness (QED) is 0.636. The van der Waals surface area contributed by atoms with Crippen LogP contribution in [0, 0.1) is 0 Å². The fraction of sp³-hybridized carbons (Fsp3) is 0.348. The van der Waals surface area contributed by atoms with Crippen LogP contribution in [-0.4, -0.2) is 36.3 Å². The van der Waals surface area contributed by atoms with Gasteiger partial charge in [-0.2, -0.15) is 0 Å². The number of hydrogen-bond acceptors (Lipinski definition) is 4. The molecule has 0 unspecified atom stereocenters. The molecule has 1 amide bonds. The average Bonchev–Trinajstić information content (AvgIpc) is 3.36. The van der Waals surface area contributed by atoms with E-state index in [1.807, 2.05) is 66.9 Å². The van der Waals surface area contributed by atoms with Crippen LogP contribution in [0.3, 0.4) is 0 Å². The summed E-state index contributed by atoms with van der Waals surface area (Å²) in [6, 6.07) is 15.5. The van der Waals surface area contributed by atoms with Gasteiger partial charge in [0, 0.05) is 24.2 Å². The van der Waals surface area contributed by atoms with E-state index in [9.17, 15) is 4.79 Å². The molecule has 0 bridgehead atoms. The Kier molecular flexibility index (Phi) is 5.71. The number of benzene rings is 2. The van der Waals surface area contributed by atoms with Gasteiger partial charge in [0.15, 0.2) is 11.4 Å². The molecular formula is C23H27N3O3. The highest BCUT2D eigenvalue weighted by atomic mass is 16.5. The van der Waals surface area contributed by atoms with Crippen LogP contribution in [0.5, 0.6) is 11.5 Å². The molecule has 2 aromatic carbocycles. The summed E-state index contributed by atoms with van der Waals surface area (Å²) in [5.74, 6) is 1.27. The second-order valence-corrected chi connectivity index (χ2v) is 7.08. The molecular weight excluding hydrogens is 366 g/mol. The van der Waals surface area contributed by atoms with Crippen LogP contribution in [0.15, 0.2) is 48.5 Å². The number of ether oxygens (including phenoxy) is 2. The maximum absolute atomic E-state index is 13.2. The number of nitrogens with zero attached hydrogens (tertiary/aromatic N) is 1. The van der Waals surface area contributed by atoms with Crippen LogP contribution < -0.4 is 20.1 Å². The molecule has 2 heterocycles. The molecule has 29 heavy (non-hydrogen) atoms. The number of carbonyl (C=O) groups excluding carboxylic acids is 1. The van der Waals surface area contributed by atoms with Crippen molar-refractivity contribution in [2.75, 3.05) is 25.0 Å². The predicted molar refractivity (Wildman–Crippen MR) is 115 cm³/mol. The number of rotatable bonds is 7. The van der Waals surface area contributed by atoms with Gasteiger partial charge >= 0.3 is 0 Å². The van der Waals surface area contributed by atoms with Gasteiger partial charge in [-0.3, -0.25) is 4.79 Å². The maximum atomic E-state index is 13.2. The molecule has 1 fully saturated rings. The van der Waals surface area contributed by atoms with Crippen molar-refractivity contribution in [2.24, 2.45) is 0 Å². The van der Waals surface area contributed by atoms with Crippen molar-refractivity contribution in [3.63, 3.8) is 0 Å². The molecule has 3 aromatic rings. The third-order valence-electron chi connectivity index (χ3n) is 5.17. The first-order valence-electron chi connectivity index (χ1n) is 10.2. The Balaban J connectivity index is 1.58. The zero-order valence-electron chi connectivity index (χ0n) is 16.9. The lowest BCUT2D eigenvalue weighted by Crippen LogP contribution is -2.19. The van der Waals surface area contributed by atoms with Crippen LogP contribution in [0.2, 0.25) is 0 Å². The number of hydrogen-bond donors (Lipinski definition) is 2. The first kappa shape index (κ1) is 19.3. The summed E-state index contributed by atoms with van der Waals surface area (Å²) >= 11 is 0. The summed E-state index contributed by atoms with van der Waals surface area (Å²) in [5, 5.41) is 7.25. The van der Waals surface area contributed by atoms with E-state index in [0.29, 0.717) is 24.6 Å². The number of fused-ring (bicyclic) bond motifs is 1. The lowest BCUT2D eigenvalue weighted by molar-refractivity contribution is 0.101. The number of anilines is 1. The highest BCUT2D eigenvalue weighted by molar-refractivity contribution is 6.10. The minimum atomic E-state index is -0.180. The molecule has 1 aromatic heterocycles. The molecule has 1 aliphatic rings. The van der Waals surface area contributed by atoms with E-state index >= 15 is 0 Å².